The quantitative estimate of drug-likeness (QED) is 0.332. The van der Waals surface area contributed by atoms with Crippen LogP contribution in [0.5, 0.6) is 0 Å². The average Bonchev–Trinajstić information content (AvgIpc) is 2.84. The highest BCUT2D eigenvalue weighted by molar-refractivity contribution is 5.90. The summed E-state index contributed by atoms with van der Waals surface area (Å²) < 4.78 is 0. The number of para-hydroxylation sites is 1. The summed E-state index contributed by atoms with van der Waals surface area (Å²) in [5.74, 6) is 1.91. The third-order valence-corrected chi connectivity index (χ3v) is 6.40. The Bertz CT molecular complexity index is 1220. The first-order chi connectivity index (χ1) is 16.8. The molecule has 1 saturated carbocycles. The van der Waals surface area contributed by atoms with E-state index in [1.54, 1.807) is 19.1 Å². The number of hydrogen-bond donors (Lipinski definition) is 3. The molecule has 1 heterocycles. The molecule has 3 N–H and O–H groups in total. The highest BCUT2D eigenvalue weighted by atomic mass is 16.6. The van der Waals surface area contributed by atoms with Crippen LogP contribution < -0.4 is 20.9 Å². The molecule has 1 aliphatic rings. The topological polar surface area (TPSA) is 125 Å². The average molecular weight is 478 g/mol. The van der Waals surface area contributed by atoms with E-state index in [4.69, 9.17) is 9.97 Å². The van der Waals surface area contributed by atoms with Crippen molar-refractivity contribution >= 4 is 40.1 Å². The van der Waals surface area contributed by atoms with Crippen LogP contribution in [0, 0.1) is 23.0 Å². The number of aromatic nitrogens is 2. The van der Waals surface area contributed by atoms with Crippen LogP contribution in [0.1, 0.15) is 31.2 Å². The molecule has 3 aromatic rings. The van der Waals surface area contributed by atoms with Gasteiger partial charge in [0.1, 0.15) is 5.82 Å². The van der Waals surface area contributed by atoms with Gasteiger partial charge in [-0.2, -0.15) is 4.98 Å². The third-order valence-electron chi connectivity index (χ3n) is 6.40. The van der Waals surface area contributed by atoms with Crippen LogP contribution in [0.4, 0.5) is 27.9 Å². The van der Waals surface area contributed by atoms with Crippen molar-refractivity contribution in [3.63, 3.8) is 0 Å². The summed E-state index contributed by atoms with van der Waals surface area (Å²) in [7, 11) is 3.96. The number of benzene rings is 2. The molecule has 0 atom stereocenters. The van der Waals surface area contributed by atoms with Gasteiger partial charge in [-0.3, -0.25) is 10.1 Å². The zero-order valence-electron chi connectivity index (χ0n) is 20.2. The van der Waals surface area contributed by atoms with Crippen molar-refractivity contribution in [1.29, 1.82) is 0 Å². The molecule has 4 rings (SSSR count). The molecule has 0 aliphatic heterocycles. The van der Waals surface area contributed by atoms with Crippen molar-refractivity contribution in [3.05, 3.63) is 58.1 Å². The molecule has 2 amide bonds. The van der Waals surface area contributed by atoms with Gasteiger partial charge in [0, 0.05) is 49.4 Å². The van der Waals surface area contributed by atoms with E-state index in [0.717, 1.165) is 42.4 Å². The lowest BCUT2D eigenvalue weighted by molar-refractivity contribution is -0.385. The number of anilines is 3. The maximum Gasteiger partial charge on any atom is 0.319 e. The van der Waals surface area contributed by atoms with Gasteiger partial charge in [0.2, 0.25) is 5.95 Å². The lowest BCUT2D eigenvalue weighted by Crippen LogP contribution is -2.36. The van der Waals surface area contributed by atoms with Gasteiger partial charge >= 0.3 is 6.03 Å². The molecule has 35 heavy (non-hydrogen) atoms. The Morgan fingerprint density at radius 1 is 1.11 bits per heavy atom. The number of nitro benzene ring substituents is 1. The Labute approximate surface area is 204 Å². The number of nitrogens with zero attached hydrogens (tertiary/aromatic N) is 4. The lowest BCUT2D eigenvalue weighted by atomic mass is 9.86. The number of urea groups is 1. The third kappa shape index (κ3) is 5.95. The Morgan fingerprint density at radius 3 is 2.57 bits per heavy atom. The van der Waals surface area contributed by atoms with Crippen LogP contribution in [-0.4, -0.2) is 47.6 Å². The van der Waals surface area contributed by atoms with E-state index in [1.165, 1.54) is 6.07 Å². The van der Waals surface area contributed by atoms with Gasteiger partial charge in [0.25, 0.3) is 5.69 Å². The monoisotopic (exact) mass is 477 g/mol. The summed E-state index contributed by atoms with van der Waals surface area (Å²) in [6.45, 7) is 2.23. The number of rotatable bonds is 7. The number of nitro groups is 1. The first kappa shape index (κ1) is 24.2. The zero-order valence-corrected chi connectivity index (χ0v) is 20.2. The van der Waals surface area contributed by atoms with Gasteiger partial charge < -0.3 is 20.9 Å². The minimum absolute atomic E-state index is 0.0123. The van der Waals surface area contributed by atoms with E-state index >= 15 is 0 Å². The van der Waals surface area contributed by atoms with E-state index in [1.807, 2.05) is 43.3 Å². The number of carbonyl (C=O) groups excluding carboxylic acids is 1. The second-order valence-corrected chi connectivity index (χ2v) is 9.24. The molecule has 1 fully saturated rings. The fourth-order valence-corrected chi connectivity index (χ4v) is 4.45. The second-order valence-electron chi connectivity index (χ2n) is 9.24. The number of fused-ring (bicyclic) bond motifs is 1. The highest BCUT2D eigenvalue weighted by Gasteiger charge is 2.23. The van der Waals surface area contributed by atoms with Gasteiger partial charge in [-0.1, -0.05) is 18.2 Å². The van der Waals surface area contributed by atoms with Crippen molar-refractivity contribution in [2.75, 3.05) is 36.2 Å². The number of aryl methyl sites for hydroxylation is 1. The minimum atomic E-state index is -0.449. The van der Waals surface area contributed by atoms with Gasteiger partial charge in [-0.05, 0) is 56.7 Å². The van der Waals surface area contributed by atoms with Crippen molar-refractivity contribution < 1.29 is 9.72 Å². The molecule has 0 bridgehead atoms. The molecule has 0 spiro atoms. The predicted molar refractivity (Wildman–Crippen MR) is 138 cm³/mol. The normalized spacial score (nSPS) is 17.6. The fraction of sp³-hybridized carbons (Fsp3) is 0.400. The van der Waals surface area contributed by atoms with E-state index in [-0.39, 0.29) is 17.8 Å². The number of nitrogens with one attached hydrogen (secondary N) is 3. The van der Waals surface area contributed by atoms with Crippen molar-refractivity contribution in [2.24, 2.45) is 5.92 Å². The fourth-order valence-electron chi connectivity index (χ4n) is 4.45. The molecule has 0 saturated heterocycles. The molecule has 0 unspecified atom stereocenters. The summed E-state index contributed by atoms with van der Waals surface area (Å²) in [6, 6.07) is 12.6. The van der Waals surface area contributed by atoms with Gasteiger partial charge in [0.15, 0.2) is 0 Å². The Kier molecular flexibility index (Phi) is 7.28. The SMILES string of the molecule is Cc1ccc(NC(=O)NC[C@H]2CC[C@@H](Nc3nc(N(C)C)c4ccccc4n3)CC2)cc1[N+](=O)[O-]. The van der Waals surface area contributed by atoms with Gasteiger partial charge in [-0.15, -0.1) is 0 Å². The molecule has 0 radical (unpaired) electrons. The minimum Gasteiger partial charge on any atom is -0.362 e. The van der Waals surface area contributed by atoms with Crippen LogP contribution in [0.2, 0.25) is 0 Å². The molecule has 10 nitrogen and oxygen atoms in total. The summed E-state index contributed by atoms with van der Waals surface area (Å²) >= 11 is 0. The highest BCUT2D eigenvalue weighted by Crippen LogP contribution is 2.28. The molecule has 184 valence electrons. The number of amides is 2. The van der Waals surface area contributed by atoms with E-state index in [2.05, 4.69) is 16.0 Å². The van der Waals surface area contributed by atoms with E-state index in [0.29, 0.717) is 29.7 Å². The largest absolute Gasteiger partial charge is 0.362 e. The predicted octanol–water partition coefficient (Wildman–Crippen LogP) is 4.70. The van der Waals surface area contributed by atoms with Crippen LogP contribution in [0.15, 0.2) is 42.5 Å². The van der Waals surface area contributed by atoms with Crippen LogP contribution in [0.25, 0.3) is 10.9 Å². The van der Waals surface area contributed by atoms with Crippen LogP contribution in [0.3, 0.4) is 0 Å². The van der Waals surface area contributed by atoms with Crippen molar-refractivity contribution in [2.45, 2.75) is 38.6 Å². The smallest absolute Gasteiger partial charge is 0.319 e. The van der Waals surface area contributed by atoms with E-state index in [9.17, 15) is 14.9 Å². The first-order valence-corrected chi connectivity index (χ1v) is 11.8. The second kappa shape index (κ2) is 10.5. The maximum absolute atomic E-state index is 12.3. The maximum atomic E-state index is 12.3. The summed E-state index contributed by atoms with van der Waals surface area (Å²) in [5, 5.41) is 21.2. The molecular formula is C25H31N7O3. The number of hydrogen-bond acceptors (Lipinski definition) is 7. The summed E-state index contributed by atoms with van der Waals surface area (Å²) in [5.41, 5.74) is 1.86. The Morgan fingerprint density at radius 2 is 1.86 bits per heavy atom. The molecular weight excluding hydrogens is 446 g/mol. The Hall–Kier alpha value is -3.95. The van der Waals surface area contributed by atoms with Crippen molar-refractivity contribution in [3.8, 4) is 0 Å². The molecule has 1 aliphatic carbocycles. The Balaban J connectivity index is 1.27. The first-order valence-electron chi connectivity index (χ1n) is 11.8. The molecule has 2 aromatic carbocycles. The number of carbonyl (C=O) groups is 1. The van der Waals surface area contributed by atoms with Gasteiger partial charge in [-0.25, -0.2) is 9.78 Å². The summed E-state index contributed by atoms with van der Waals surface area (Å²) in [4.78, 5) is 34.4. The standard InChI is InChI=1S/C25H31N7O3/c1-16-8-11-19(14-22(16)32(34)35)28-25(33)26-15-17-9-12-18(13-10-17)27-24-29-21-7-5-4-6-20(21)23(30-24)31(2)3/h4-8,11,14,17-18H,9-10,12-13,15H2,1-3H3,(H2,26,28,33)(H,27,29,30)/t17-,18+. The lowest BCUT2D eigenvalue weighted by Gasteiger charge is -2.29. The molecule has 1 aromatic heterocycles. The van der Waals surface area contributed by atoms with Crippen LogP contribution >= 0.6 is 0 Å². The van der Waals surface area contributed by atoms with Gasteiger partial charge in [0.05, 0.1) is 10.4 Å². The zero-order chi connectivity index (χ0) is 24.9. The molecule has 10 heteroatoms. The summed E-state index contributed by atoms with van der Waals surface area (Å²) in [6.07, 6.45) is 3.88. The van der Waals surface area contributed by atoms with Crippen LogP contribution in [-0.2, 0) is 0 Å². The van der Waals surface area contributed by atoms with E-state index < -0.39 is 4.92 Å². The van der Waals surface area contributed by atoms with Crippen molar-refractivity contribution in [1.82, 2.24) is 15.3 Å².